The second-order valence-corrected chi connectivity index (χ2v) is 8.54. The molecule has 1 aromatic carbocycles. The number of esters is 1. The maximum atomic E-state index is 11.6. The van der Waals surface area contributed by atoms with Crippen LogP contribution in [0.5, 0.6) is 0 Å². The van der Waals surface area contributed by atoms with Gasteiger partial charge in [-0.1, -0.05) is 44.1 Å². The average Bonchev–Trinajstić information content (AvgIpc) is 2.59. The Kier molecular flexibility index (Phi) is 5.06. The summed E-state index contributed by atoms with van der Waals surface area (Å²) >= 11 is 0. The molecule has 1 N–H and O–H groups in total. The van der Waals surface area contributed by atoms with Crippen molar-refractivity contribution in [1.82, 2.24) is 0 Å². The minimum atomic E-state index is -0.476. The van der Waals surface area contributed by atoms with Crippen molar-refractivity contribution < 1.29 is 14.6 Å². The van der Waals surface area contributed by atoms with Gasteiger partial charge in [-0.25, -0.2) is 4.79 Å². The van der Waals surface area contributed by atoms with Crippen LogP contribution in [-0.4, -0.2) is 18.2 Å². The van der Waals surface area contributed by atoms with Gasteiger partial charge in [0.1, 0.15) is 0 Å². The van der Waals surface area contributed by atoms with Crippen LogP contribution in [0.1, 0.15) is 74.9 Å². The zero-order valence-electron chi connectivity index (χ0n) is 15.8. The van der Waals surface area contributed by atoms with E-state index in [4.69, 9.17) is 4.74 Å². The van der Waals surface area contributed by atoms with Crippen molar-refractivity contribution in [3.8, 4) is 0 Å². The van der Waals surface area contributed by atoms with Crippen molar-refractivity contribution in [2.45, 2.75) is 59.0 Å². The van der Waals surface area contributed by atoms with Crippen molar-refractivity contribution in [1.29, 1.82) is 0 Å². The number of hydrogen-bond acceptors (Lipinski definition) is 3. The first-order valence-electron chi connectivity index (χ1n) is 9.39. The van der Waals surface area contributed by atoms with E-state index in [2.05, 4.69) is 20.8 Å². The van der Waals surface area contributed by atoms with Gasteiger partial charge < -0.3 is 9.84 Å². The molecular weight excluding hydrogens is 312 g/mol. The lowest BCUT2D eigenvalue weighted by atomic mass is 9.62. The fourth-order valence-electron chi connectivity index (χ4n) is 4.96. The number of carbonyl (C=O) groups excluding carboxylic acids is 1. The van der Waals surface area contributed by atoms with Gasteiger partial charge in [-0.2, -0.15) is 0 Å². The number of allylic oxidation sites excluding steroid dienone is 2. The van der Waals surface area contributed by atoms with Gasteiger partial charge in [0.15, 0.2) is 0 Å². The van der Waals surface area contributed by atoms with E-state index < -0.39 is 6.10 Å². The molecule has 136 valence electrons. The fourth-order valence-corrected chi connectivity index (χ4v) is 4.96. The van der Waals surface area contributed by atoms with Crippen molar-refractivity contribution >= 4 is 5.97 Å². The summed E-state index contributed by atoms with van der Waals surface area (Å²) in [6.07, 6.45) is 5.15. The largest absolute Gasteiger partial charge is 0.465 e. The molecule has 0 aliphatic heterocycles. The van der Waals surface area contributed by atoms with Crippen LogP contribution in [-0.2, 0) is 4.74 Å². The van der Waals surface area contributed by atoms with E-state index in [-0.39, 0.29) is 17.3 Å². The maximum absolute atomic E-state index is 11.6. The number of ether oxygens (including phenoxy) is 1. The van der Waals surface area contributed by atoms with Gasteiger partial charge in [-0.3, -0.25) is 0 Å². The predicted molar refractivity (Wildman–Crippen MR) is 99.3 cm³/mol. The van der Waals surface area contributed by atoms with E-state index in [0.29, 0.717) is 5.56 Å². The minimum absolute atomic E-state index is 0.250. The summed E-state index contributed by atoms with van der Waals surface area (Å²) in [4.78, 5) is 11.6. The lowest BCUT2D eigenvalue weighted by Crippen LogP contribution is -2.31. The van der Waals surface area contributed by atoms with Gasteiger partial charge in [-0.15, -0.1) is 0 Å². The van der Waals surface area contributed by atoms with Crippen LogP contribution in [0.3, 0.4) is 0 Å². The van der Waals surface area contributed by atoms with E-state index in [1.165, 1.54) is 20.0 Å². The number of hydrogen-bond donors (Lipinski definition) is 1. The van der Waals surface area contributed by atoms with E-state index in [9.17, 15) is 9.90 Å². The summed E-state index contributed by atoms with van der Waals surface area (Å²) in [5.41, 5.74) is 4.90. The molecule has 0 fully saturated rings. The molecule has 3 unspecified atom stereocenters. The first-order chi connectivity index (χ1) is 11.8. The average molecular weight is 342 g/mol. The number of methoxy groups -OCH3 is 1. The third kappa shape index (κ3) is 3.67. The van der Waals surface area contributed by atoms with E-state index in [0.717, 1.165) is 30.7 Å². The molecule has 25 heavy (non-hydrogen) atoms. The molecule has 0 radical (unpaired) electrons. The second kappa shape index (κ2) is 6.95. The van der Waals surface area contributed by atoms with Crippen LogP contribution < -0.4 is 0 Å². The van der Waals surface area contributed by atoms with Gasteiger partial charge in [0.2, 0.25) is 0 Å². The predicted octanol–water partition coefficient (Wildman–Crippen LogP) is 5.06. The summed E-state index contributed by atoms with van der Waals surface area (Å²) in [5.74, 6) is 0.683. The molecule has 3 heteroatoms. The molecule has 3 rings (SSSR count). The molecule has 0 aromatic heterocycles. The quantitative estimate of drug-likeness (QED) is 0.617. The Balaban J connectivity index is 1.76. The molecule has 0 amide bonds. The zero-order chi connectivity index (χ0) is 18.2. The molecular formula is C22H30O3. The normalized spacial score (nSPS) is 26.8. The lowest BCUT2D eigenvalue weighted by Gasteiger charge is -2.43. The van der Waals surface area contributed by atoms with Gasteiger partial charge in [0.05, 0.1) is 18.8 Å². The highest BCUT2D eigenvalue weighted by molar-refractivity contribution is 5.89. The topological polar surface area (TPSA) is 46.5 Å². The molecule has 0 spiro atoms. The third-order valence-electron chi connectivity index (χ3n) is 6.10. The number of rotatable bonds is 3. The van der Waals surface area contributed by atoms with Crippen LogP contribution >= 0.6 is 0 Å². The number of aliphatic hydroxyl groups excluding tert-OH is 1. The summed E-state index contributed by atoms with van der Waals surface area (Å²) in [6.45, 7) is 7.07. The fraction of sp³-hybridized carbons (Fsp3) is 0.591. The van der Waals surface area contributed by atoms with Crippen LogP contribution in [0.25, 0.3) is 0 Å². The summed E-state index contributed by atoms with van der Waals surface area (Å²) in [5, 5.41) is 10.9. The maximum Gasteiger partial charge on any atom is 0.337 e. The van der Waals surface area contributed by atoms with Gasteiger partial charge in [-0.05, 0) is 67.1 Å². The first kappa shape index (κ1) is 18.2. The van der Waals surface area contributed by atoms with Gasteiger partial charge in [0.25, 0.3) is 0 Å². The first-order valence-corrected chi connectivity index (χ1v) is 9.39. The second-order valence-electron chi connectivity index (χ2n) is 8.54. The highest BCUT2D eigenvalue weighted by atomic mass is 16.5. The molecule has 3 atom stereocenters. The smallest absolute Gasteiger partial charge is 0.337 e. The van der Waals surface area contributed by atoms with E-state index in [1.54, 1.807) is 23.3 Å². The Morgan fingerprint density at radius 2 is 1.92 bits per heavy atom. The third-order valence-corrected chi connectivity index (χ3v) is 6.10. The molecule has 2 aliphatic carbocycles. The monoisotopic (exact) mass is 342 g/mol. The Morgan fingerprint density at radius 1 is 1.24 bits per heavy atom. The molecule has 0 saturated carbocycles. The summed E-state index contributed by atoms with van der Waals surface area (Å²) in [6, 6.07) is 7.19. The molecule has 3 nitrogen and oxygen atoms in total. The van der Waals surface area contributed by atoms with Gasteiger partial charge >= 0.3 is 5.97 Å². The Bertz CT molecular complexity index is 669. The van der Waals surface area contributed by atoms with Crippen molar-refractivity contribution in [2.75, 3.05) is 7.11 Å². The number of benzene rings is 1. The molecule has 0 bridgehead atoms. The van der Waals surface area contributed by atoms with Crippen LogP contribution in [0.15, 0.2) is 35.4 Å². The molecule has 0 saturated heterocycles. The van der Waals surface area contributed by atoms with E-state index in [1.807, 2.05) is 12.1 Å². The van der Waals surface area contributed by atoms with Crippen LogP contribution in [0.2, 0.25) is 0 Å². The SMILES string of the molecule is COC(=O)c1ccc(C(O)C2CCC3=C(C2)C(C)(C)CC(C)C3)cc1. The lowest BCUT2D eigenvalue weighted by molar-refractivity contribution is 0.0600. The van der Waals surface area contributed by atoms with Gasteiger partial charge in [0, 0.05) is 0 Å². The summed E-state index contributed by atoms with van der Waals surface area (Å²) < 4.78 is 4.74. The minimum Gasteiger partial charge on any atom is -0.465 e. The Labute approximate surface area is 151 Å². The van der Waals surface area contributed by atoms with Crippen LogP contribution in [0.4, 0.5) is 0 Å². The van der Waals surface area contributed by atoms with Crippen LogP contribution in [0, 0.1) is 17.3 Å². The Hall–Kier alpha value is -1.61. The molecule has 0 heterocycles. The number of carbonyl (C=O) groups is 1. The van der Waals surface area contributed by atoms with Crippen molar-refractivity contribution in [3.05, 3.63) is 46.5 Å². The van der Waals surface area contributed by atoms with Crippen molar-refractivity contribution in [2.24, 2.45) is 17.3 Å². The van der Waals surface area contributed by atoms with Crippen molar-refractivity contribution in [3.63, 3.8) is 0 Å². The zero-order valence-corrected chi connectivity index (χ0v) is 15.8. The molecule has 2 aliphatic rings. The highest BCUT2D eigenvalue weighted by Gasteiger charge is 2.38. The Morgan fingerprint density at radius 3 is 2.56 bits per heavy atom. The molecule has 1 aromatic rings. The van der Waals surface area contributed by atoms with E-state index >= 15 is 0 Å². The standard InChI is InChI=1S/C22H30O3/c1-14-11-17-9-10-18(12-19(17)22(2,3)13-14)20(23)15-5-7-16(8-6-15)21(24)25-4/h5-8,14,18,20,23H,9-13H2,1-4H3. The summed E-state index contributed by atoms with van der Waals surface area (Å²) in [7, 11) is 1.38. The highest BCUT2D eigenvalue weighted by Crippen LogP contribution is 2.51. The number of aliphatic hydroxyl groups is 1.